The number of hydrogen-bond donors (Lipinski definition) is 2. The highest BCUT2D eigenvalue weighted by atomic mass is 16.5. The van der Waals surface area contributed by atoms with Gasteiger partial charge in [-0.25, -0.2) is 0 Å². The highest BCUT2D eigenvalue weighted by Crippen LogP contribution is 2.18. The summed E-state index contributed by atoms with van der Waals surface area (Å²) in [4.78, 5) is 11.3. The number of carbonyl (C=O) groups is 1. The average Bonchev–Trinajstić information content (AvgIpc) is 3.11. The molecule has 4 nitrogen and oxygen atoms in total. The first kappa shape index (κ1) is 11.0. The maximum Gasteiger partial charge on any atom is 0.258 e. The molecule has 0 aromatic heterocycles. The summed E-state index contributed by atoms with van der Waals surface area (Å²) >= 11 is 0. The fourth-order valence-corrected chi connectivity index (χ4v) is 1.34. The third-order valence-electron chi connectivity index (χ3n) is 2.42. The van der Waals surface area contributed by atoms with Gasteiger partial charge in [0, 0.05) is 6.04 Å². The Morgan fingerprint density at radius 3 is 2.62 bits per heavy atom. The molecule has 1 aliphatic carbocycles. The molecular formula is C12H15NO3. The van der Waals surface area contributed by atoms with Crippen molar-refractivity contribution in [3.05, 3.63) is 29.8 Å². The smallest absolute Gasteiger partial charge is 0.258 e. The predicted octanol–water partition coefficient (Wildman–Crippen LogP) is 0.836. The van der Waals surface area contributed by atoms with E-state index in [1.165, 1.54) is 0 Å². The SMILES string of the molecule is O=C(COc1ccc(CO)cc1)NC1CC1. The third kappa shape index (κ3) is 3.24. The second-order valence-corrected chi connectivity index (χ2v) is 3.93. The van der Waals surface area contributed by atoms with Crippen LogP contribution in [-0.2, 0) is 11.4 Å². The van der Waals surface area contributed by atoms with E-state index in [0.717, 1.165) is 18.4 Å². The van der Waals surface area contributed by atoms with Gasteiger partial charge in [0.25, 0.3) is 5.91 Å². The van der Waals surface area contributed by atoms with Crippen LogP contribution in [0.4, 0.5) is 0 Å². The first-order valence-corrected chi connectivity index (χ1v) is 5.40. The molecule has 0 radical (unpaired) electrons. The van der Waals surface area contributed by atoms with E-state index in [-0.39, 0.29) is 19.1 Å². The Bertz CT molecular complexity index is 357. The fraction of sp³-hybridized carbons (Fsp3) is 0.417. The van der Waals surface area contributed by atoms with Gasteiger partial charge in [-0.3, -0.25) is 4.79 Å². The molecule has 1 saturated carbocycles. The van der Waals surface area contributed by atoms with Gasteiger partial charge in [-0.2, -0.15) is 0 Å². The lowest BCUT2D eigenvalue weighted by molar-refractivity contribution is -0.123. The summed E-state index contributed by atoms with van der Waals surface area (Å²) in [5.41, 5.74) is 0.829. The summed E-state index contributed by atoms with van der Waals surface area (Å²) in [7, 11) is 0. The van der Waals surface area contributed by atoms with Gasteiger partial charge in [0.05, 0.1) is 6.61 Å². The normalized spacial score (nSPS) is 14.6. The van der Waals surface area contributed by atoms with Crippen molar-refractivity contribution in [3.63, 3.8) is 0 Å². The van der Waals surface area contributed by atoms with Crippen LogP contribution in [0.5, 0.6) is 5.75 Å². The largest absolute Gasteiger partial charge is 0.484 e. The standard InChI is InChI=1S/C12H15NO3/c14-7-9-1-5-11(6-2-9)16-8-12(15)13-10-3-4-10/h1-2,5-6,10,14H,3-4,7-8H2,(H,13,15). The number of benzene rings is 1. The summed E-state index contributed by atoms with van der Waals surface area (Å²) in [6.07, 6.45) is 2.16. The number of rotatable bonds is 5. The van der Waals surface area contributed by atoms with Crippen molar-refractivity contribution >= 4 is 5.91 Å². The quantitative estimate of drug-likeness (QED) is 0.774. The molecular weight excluding hydrogens is 206 g/mol. The van der Waals surface area contributed by atoms with Crippen molar-refractivity contribution in [1.82, 2.24) is 5.32 Å². The fourth-order valence-electron chi connectivity index (χ4n) is 1.34. The molecule has 1 fully saturated rings. The second-order valence-electron chi connectivity index (χ2n) is 3.93. The van der Waals surface area contributed by atoms with E-state index >= 15 is 0 Å². The van der Waals surface area contributed by atoms with Gasteiger partial charge in [0.2, 0.25) is 0 Å². The van der Waals surface area contributed by atoms with Gasteiger partial charge in [-0.15, -0.1) is 0 Å². The minimum Gasteiger partial charge on any atom is -0.484 e. The minimum absolute atomic E-state index is 0.0163. The van der Waals surface area contributed by atoms with E-state index in [9.17, 15) is 4.79 Å². The average molecular weight is 221 g/mol. The van der Waals surface area contributed by atoms with E-state index < -0.39 is 0 Å². The molecule has 16 heavy (non-hydrogen) atoms. The van der Waals surface area contributed by atoms with Crippen molar-refractivity contribution in [3.8, 4) is 5.75 Å². The number of amides is 1. The van der Waals surface area contributed by atoms with Crippen LogP contribution < -0.4 is 10.1 Å². The Morgan fingerprint density at radius 2 is 2.06 bits per heavy atom. The molecule has 2 rings (SSSR count). The molecule has 0 atom stereocenters. The third-order valence-corrected chi connectivity index (χ3v) is 2.42. The zero-order chi connectivity index (χ0) is 11.4. The van der Waals surface area contributed by atoms with Crippen LogP contribution in [0.2, 0.25) is 0 Å². The van der Waals surface area contributed by atoms with Gasteiger partial charge in [-0.05, 0) is 30.5 Å². The zero-order valence-electron chi connectivity index (χ0n) is 8.98. The highest BCUT2D eigenvalue weighted by molar-refractivity contribution is 5.78. The van der Waals surface area contributed by atoms with E-state index in [1.54, 1.807) is 24.3 Å². The summed E-state index contributed by atoms with van der Waals surface area (Å²) < 4.78 is 5.30. The van der Waals surface area contributed by atoms with Crippen molar-refractivity contribution in [2.45, 2.75) is 25.5 Å². The predicted molar refractivity (Wildman–Crippen MR) is 59.0 cm³/mol. The van der Waals surface area contributed by atoms with E-state index in [4.69, 9.17) is 9.84 Å². The number of aliphatic hydroxyl groups excluding tert-OH is 1. The Labute approximate surface area is 94.2 Å². The van der Waals surface area contributed by atoms with E-state index in [0.29, 0.717) is 11.8 Å². The summed E-state index contributed by atoms with van der Waals surface area (Å²) in [6, 6.07) is 7.40. The lowest BCUT2D eigenvalue weighted by Gasteiger charge is -2.06. The number of ether oxygens (including phenoxy) is 1. The summed E-state index contributed by atoms with van der Waals surface area (Å²) in [5, 5.41) is 11.7. The molecule has 2 N–H and O–H groups in total. The molecule has 0 aliphatic heterocycles. The Morgan fingerprint density at radius 1 is 1.38 bits per heavy atom. The number of aliphatic hydroxyl groups is 1. The zero-order valence-corrected chi connectivity index (χ0v) is 8.98. The number of carbonyl (C=O) groups excluding carboxylic acids is 1. The number of nitrogens with one attached hydrogen (secondary N) is 1. The van der Waals surface area contributed by atoms with Gasteiger partial charge >= 0.3 is 0 Å². The molecule has 86 valence electrons. The maximum atomic E-state index is 11.3. The molecule has 0 bridgehead atoms. The number of hydrogen-bond acceptors (Lipinski definition) is 3. The Balaban J connectivity index is 1.76. The topological polar surface area (TPSA) is 58.6 Å². The van der Waals surface area contributed by atoms with Crippen molar-refractivity contribution in [2.24, 2.45) is 0 Å². The van der Waals surface area contributed by atoms with Gasteiger partial charge in [0.1, 0.15) is 5.75 Å². The molecule has 1 amide bonds. The maximum absolute atomic E-state index is 11.3. The van der Waals surface area contributed by atoms with Crippen molar-refractivity contribution in [1.29, 1.82) is 0 Å². The molecule has 1 aromatic carbocycles. The van der Waals surface area contributed by atoms with Crippen LogP contribution in [0.1, 0.15) is 18.4 Å². The van der Waals surface area contributed by atoms with Crippen LogP contribution in [0.15, 0.2) is 24.3 Å². The molecule has 0 saturated heterocycles. The van der Waals surface area contributed by atoms with Gasteiger partial charge in [-0.1, -0.05) is 12.1 Å². The van der Waals surface area contributed by atoms with Gasteiger partial charge in [0.15, 0.2) is 6.61 Å². The van der Waals surface area contributed by atoms with Crippen molar-refractivity contribution < 1.29 is 14.6 Å². The first-order valence-electron chi connectivity index (χ1n) is 5.40. The Kier molecular flexibility index (Phi) is 3.41. The second kappa shape index (κ2) is 4.99. The summed E-state index contributed by atoms with van der Waals surface area (Å²) in [6.45, 7) is 0.0669. The van der Waals surface area contributed by atoms with Crippen LogP contribution >= 0.6 is 0 Å². The van der Waals surface area contributed by atoms with Crippen LogP contribution in [0.3, 0.4) is 0 Å². The highest BCUT2D eigenvalue weighted by Gasteiger charge is 2.23. The van der Waals surface area contributed by atoms with Crippen LogP contribution in [0, 0.1) is 0 Å². The lowest BCUT2D eigenvalue weighted by Crippen LogP contribution is -2.30. The Hall–Kier alpha value is -1.55. The minimum atomic E-state index is -0.0752. The van der Waals surface area contributed by atoms with E-state index in [2.05, 4.69) is 5.32 Å². The molecule has 0 spiro atoms. The molecule has 4 heteroatoms. The molecule has 1 aliphatic rings. The lowest BCUT2D eigenvalue weighted by atomic mass is 10.2. The molecule has 0 unspecified atom stereocenters. The first-order chi connectivity index (χ1) is 7.78. The van der Waals surface area contributed by atoms with Crippen LogP contribution in [-0.4, -0.2) is 23.7 Å². The van der Waals surface area contributed by atoms with Crippen LogP contribution in [0.25, 0.3) is 0 Å². The summed E-state index contributed by atoms with van der Waals surface area (Å²) in [5.74, 6) is 0.567. The van der Waals surface area contributed by atoms with Crippen molar-refractivity contribution in [2.75, 3.05) is 6.61 Å². The van der Waals surface area contributed by atoms with Gasteiger partial charge < -0.3 is 15.2 Å². The monoisotopic (exact) mass is 221 g/mol. The molecule has 0 heterocycles. The molecule has 1 aromatic rings. The van der Waals surface area contributed by atoms with E-state index in [1.807, 2.05) is 0 Å².